The first-order chi connectivity index (χ1) is 14.8. The lowest BCUT2D eigenvalue weighted by molar-refractivity contribution is 0.171. The third kappa shape index (κ3) is 3.71. The lowest BCUT2D eigenvalue weighted by atomic mass is 10.1. The number of rotatable bonds is 5. The van der Waals surface area contributed by atoms with E-state index in [0.717, 1.165) is 56.3 Å². The molecule has 0 saturated carbocycles. The van der Waals surface area contributed by atoms with Crippen molar-refractivity contribution in [2.24, 2.45) is 0 Å². The Morgan fingerprint density at radius 3 is 2.77 bits per heavy atom. The van der Waals surface area contributed by atoms with Gasteiger partial charge in [0.1, 0.15) is 13.2 Å². The number of anilines is 1. The van der Waals surface area contributed by atoms with E-state index in [1.165, 1.54) is 22.0 Å². The third-order valence-electron chi connectivity index (χ3n) is 6.09. The van der Waals surface area contributed by atoms with Crippen molar-refractivity contribution in [3.63, 3.8) is 0 Å². The minimum absolute atomic E-state index is 0.623. The maximum atomic E-state index is 5.90. The Hall–Kier alpha value is -3.10. The maximum absolute atomic E-state index is 5.90. The molecule has 0 unspecified atom stereocenters. The van der Waals surface area contributed by atoms with Crippen LogP contribution in [0.4, 0.5) is 5.69 Å². The number of fused-ring (bicyclic) bond motifs is 2. The van der Waals surface area contributed by atoms with Crippen molar-refractivity contribution >= 4 is 16.6 Å². The topological polar surface area (TPSA) is 40.7 Å². The van der Waals surface area contributed by atoms with Crippen LogP contribution in [0.15, 0.2) is 42.6 Å². The summed E-state index contributed by atoms with van der Waals surface area (Å²) in [5, 5.41) is 1.30. The van der Waals surface area contributed by atoms with Gasteiger partial charge in [0.15, 0.2) is 11.5 Å². The predicted molar refractivity (Wildman–Crippen MR) is 121 cm³/mol. The van der Waals surface area contributed by atoms with Gasteiger partial charge in [0.25, 0.3) is 0 Å². The van der Waals surface area contributed by atoms with Gasteiger partial charge in [0.05, 0.1) is 5.69 Å². The number of nitrogens with zero attached hydrogens (tertiary/aromatic N) is 2. The molecule has 3 heterocycles. The van der Waals surface area contributed by atoms with E-state index in [-0.39, 0.29) is 0 Å². The molecule has 0 amide bonds. The van der Waals surface area contributed by atoms with Crippen LogP contribution >= 0.6 is 0 Å². The highest BCUT2D eigenvalue weighted by molar-refractivity contribution is 5.84. The van der Waals surface area contributed by atoms with Crippen LogP contribution in [-0.2, 0) is 12.8 Å². The fourth-order valence-corrected chi connectivity index (χ4v) is 4.46. The number of hydrogen-bond donors (Lipinski definition) is 1. The molecule has 1 fully saturated rings. The molecular formula is C25H27N3O2. The molecule has 5 nitrogen and oxygen atoms in total. The first-order valence-corrected chi connectivity index (χ1v) is 10.7. The predicted octanol–water partition coefficient (Wildman–Crippen LogP) is 3.48. The summed E-state index contributed by atoms with van der Waals surface area (Å²) in [6.07, 6.45) is 9.35. The van der Waals surface area contributed by atoms with Gasteiger partial charge >= 0.3 is 0 Å². The van der Waals surface area contributed by atoms with Crippen molar-refractivity contribution in [2.75, 3.05) is 50.8 Å². The second-order valence-corrected chi connectivity index (χ2v) is 7.95. The number of aromatic amines is 1. The second-order valence-electron chi connectivity index (χ2n) is 7.95. The van der Waals surface area contributed by atoms with E-state index in [4.69, 9.17) is 15.9 Å². The molecule has 1 saturated heterocycles. The summed E-state index contributed by atoms with van der Waals surface area (Å²) in [5.41, 5.74) is 4.92. The van der Waals surface area contributed by atoms with Gasteiger partial charge < -0.3 is 19.4 Å². The minimum Gasteiger partial charge on any atom is -0.486 e. The number of aromatic nitrogens is 1. The molecule has 0 spiro atoms. The van der Waals surface area contributed by atoms with E-state index in [0.29, 0.717) is 19.6 Å². The number of piperazine rings is 1. The van der Waals surface area contributed by atoms with Gasteiger partial charge in [-0.2, -0.15) is 0 Å². The molecule has 0 aliphatic carbocycles. The summed E-state index contributed by atoms with van der Waals surface area (Å²) >= 11 is 0. The summed E-state index contributed by atoms with van der Waals surface area (Å²) in [7, 11) is 0. The summed E-state index contributed by atoms with van der Waals surface area (Å²) < 4.78 is 11.6. The van der Waals surface area contributed by atoms with Gasteiger partial charge in [-0.05, 0) is 41.8 Å². The minimum atomic E-state index is 0.623. The summed E-state index contributed by atoms with van der Waals surface area (Å²) in [4.78, 5) is 8.37. The molecule has 2 aromatic carbocycles. The Kier molecular flexibility index (Phi) is 5.25. The smallest absolute Gasteiger partial charge is 0.184 e. The molecular weight excluding hydrogens is 374 g/mol. The van der Waals surface area contributed by atoms with Gasteiger partial charge in [-0.15, -0.1) is 12.3 Å². The normalized spacial score (nSPS) is 16.6. The fourth-order valence-electron chi connectivity index (χ4n) is 4.46. The molecule has 30 heavy (non-hydrogen) atoms. The van der Waals surface area contributed by atoms with Crippen LogP contribution in [0.3, 0.4) is 0 Å². The zero-order chi connectivity index (χ0) is 20.3. The van der Waals surface area contributed by atoms with E-state index in [1.54, 1.807) is 0 Å². The highest BCUT2D eigenvalue weighted by Crippen LogP contribution is 2.39. The third-order valence-corrected chi connectivity index (χ3v) is 6.09. The molecule has 0 bridgehead atoms. The first kappa shape index (κ1) is 18.9. The van der Waals surface area contributed by atoms with Crippen LogP contribution in [0.2, 0.25) is 0 Å². The fraction of sp³-hybridized carbons (Fsp3) is 0.360. The van der Waals surface area contributed by atoms with E-state index >= 15 is 0 Å². The zero-order valence-corrected chi connectivity index (χ0v) is 17.2. The van der Waals surface area contributed by atoms with Gasteiger partial charge in [0.2, 0.25) is 0 Å². The molecule has 0 radical (unpaired) electrons. The average Bonchev–Trinajstić information content (AvgIpc) is 3.20. The van der Waals surface area contributed by atoms with E-state index < -0.39 is 0 Å². The number of nitrogens with one attached hydrogen (secondary N) is 1. The molecule has 154 valence electrons. The highest BCUT2D eigenvalue weighted by atomic mass is 16.6. The number of H-pyrrole nitrogens is 1. The van der Waals surface area contributed by atoms with Crippen LogP contribution in [0, 0.1) is 12.3 Å². The Balaban J connectivity index is 1.21. The number of hydrogen-bond acceptors (Lipinski definition) is 4. The van der Waals surface area contributed by atoms with E-state index in [2.05, 4.69) is 57.2 Å². The standard InChI is InChI=1S/C25H27N3O2/c1-2-4-19-7-8-22-21(17-19)20(18-26-22)9-10-27-11-13-28(14-12-27)23-5-3-6-24-25(23)30-16-15-29-24/h1,3,5-8,17-18,26H,4,9-16H2. The molecule has 2 aliphatic rings. The molecule has 5 heteroatoms. The Bertz CT molecular complexity index is 1070. The Morgan fingerprint density at radius 2 is 1.90 bits per heavy atom. The molecule has 5 rings (SSSR count). The molecule has 0 atom stereocenters. The van der Waals surface area contributed by atoms with Crippen LogP contribution in [0.5, 0.6) is 11.5 Å². The Labute approximate surface area is 177 Å². The van der Waals surface area contributed by atoms with E-state index in [1.807, 2.05) is 6.07 Å². The largest absolute Gasteiger partial charge is 0.486 e. The van der Waals surface area contributed by atoms with Crippen molar-refractivity contribution in [1.82, 2.24) is 9.88 Å². The molecule has 2 aliphatic heterocycles. The van der Waals surface area contributed by atoms with Crippen LogP contribution < -0.4 is 14.4 Å². The number of terminal acetylenes is 1. The maximum Gasteiger partial charge on any atom is 0.184 e. The van der Waals surface area contributed by atoms with Crippen molar-refractivity contribution in [3.8, 4) is 23.8 Å². The second kappa shape index (κ2) is 8.33. The van der Waals surface area contributed by atoms with Crippen LogP contribution in [-0.4, -0.2) is 55.8 Å². The van der Waals surface area contributed by atoms with Gasteiger partial charge in [-0.1, -0.05) is 12.1 Å². The van der Waals surface area contributed by atoms with E-state index in [9.17, 15) is 0 Å². The van der Waals surface area contributed by atoms with Crippen LogP contribution in [0.1, 0.15) is 11.1 Å². The van der Waals surface area contributed by atoms with Gasteiger partial charge in [-0.25, -0.2) is 0 Å². The lowest BCUT2D eigenvalue weighted by Gasteiger charge is -2.37. The molecule has 1 aromatic heterocycles. The van der Waals surface area contributed by atoms with Crippen LogP contribution in [0.25, 0.3) is 10.9 Å². The van der Waals surface area contributed by atoms with Gasteiger partial charge in [0, 0.05) is 56.2 Å². The van der Waals surface area contributed by atoms with Crippen molar-refractivity contribution in [2.45, 2.75) is 12.8 Å². The highest BCUT2D eigenvalue weighted by Gasteiger charge is 2.23. The average molecular weight is 402 g/mol. The molecule has 3 aromatic rings. The van der Waals surface area contributed by atoms with Crippen molar-refractivity contribution in [1.29, 1.82) is 0 Å². The molecule has 1 N–H and O–H groups in total. The zero-order valence-electron chi connectivity index (χ0n) is 17.2. The van der Waals surface area contributed by atoms with Gasteiger partial charge in [-0.3, -0.25) is 4.90 Å². The number of benzene rings is 2. The number of para-hydroxylation sites is 1. The summed E-state index contributed by atoms with van der Waals surface area (Å²) in [5.74, 6) is 4.51. The number of ether oxygens (including phenoxy) is 2. The lowest BCUT2D eigenvalue weighted by Crippen LogP contribution is -2.47. The first-order valence-electron chi connectivity index (χ1n) is 10.7. The SMILES string of the molecule is C#CCc1ccc2[nH]cc(CCN3CCN(c4cccc5c4OCCO5)CC3)c2c1. The van der Waals surface area contributed by atoms with Crippen molar-refractivity contribution < 1.29 is 9.47 Å². The summed E-state index contributed by atoms with van der Waals surface area (Å²) in [6.45, 7) is 6.41. The quantitative estimate of drug-likeness (QED) is 0.665. The van der Waals surface area contributed by atoms with Crippen molar-refractivity contribution in [3.05, 3.63) is 53.7 Å². The Morgan fingerprint density at radius 1 is 1.03 bits per heavy atom. The summed E-state index contributed by atoms with van der Waals surface area (Å²) in [6, 6.07) is 12.7. The monoisotopic (exact) mass is 401 g/mol.